The number of fused-ring (bicyclic) bond motifs is 3. The molecule has 3 aromatic rings. The normalized spacial score (nSPS) is 19.3. The number of anilines is 1. The van der Waals surface area contributed by atoms with Gasteiger partial charge in [-0.1, -0.05) is 0 Å². The molecule has 1 amide bonds. The summed E-state index contributed by atoms with van der Waals surface area (Å²) in [5, 5.41) is 20.5. The van der Waals surface area contributed by atoms with E-state index >= 15 is 0 Å². The largest absolute Gasteiger partial charge is 0.496 e. The number of aliphatic hydroxyl groups is 2. The van der Waals surface area contributed by atoms with Crippen molar-refractivity contribution in [2.45, 2.75) is 32.1 Å². The lowest BCUT2D eigenvalue weighted by Crippen LogP contribution is -2.48. The lowest BCUT2D eigenvalue weighted by Gasteiger charge is -2.35. The van der Waals surface area contributed by atoms with E-state index in [0.717, 1.165) is 62.3 Å². The van der Waals surface area contributed by atoms with Crippen LogP contribution in [0.25, 0.3) is 10.9 Å². The van der Waals surface area contributed by atoms with E-state index in [1.807, 2.05) is 23.2 Å². The van der Waals surface area contributed by atoms with Crippen molar-refractivity contribution >= 4 is 34.5 Å². The first-order valence-electron chi connectivity index (χ1n) is 13.2. The van der Waals surface area contributed by atoms with Gasteiger partial charge in [0.1, 0.15) is 30.4 Å². The molecule has 39 heavy (non-hydrogen) atoms. The first kappa shape index (κ1) is 25.5. The quantitative estimate of drug-likeness (QED) is 0.471. The number of aliphatic hydroxyl groups excluding tert-OH is 2. The highest BCUT2D eigenvalue weighted by atomic mass is 16.5. The van der Waals surface area contributed by atoms with E-state index in [-0.39, 0.29) is 25.2 Å². The zero-order valence-electron chi connectivity index (χ0n) is 21.9. The van der Waals surface area contributed by atoms with Gasteiger partial charge < -0.3 is 29.5 Å². The molecule has 0 spiro atoms. The van der Waals surface area contributed by atoms with E-state index < -0.39 is 0 Å². The number of benzene rings is 2. The number of amides is 1. The van der Waals surface area contributed by atoms with Gasteiger partial charge in [-0.05, 0) is 31.0 Å². The number of aliphatic imine (C=N–C) groups is 1. The summed E-state index contributed by atoms with van der Waals surface area (Å²) in [6, 6.07) is 7.25. The average Bonchev–Trinajstić information content (AvgIpc) is 3.41. The van der Waals surface area contributed by atoms with E-state index in [4.69, 9.17) is 9.47 Å². The molecule has 11 nitrogen and oxygen atoms in total. The maximum Gasteiger partial charge on any atom is 0.256 e. The third-order valence-electron chi connectivity index (χ3n) is 7.79. The summed E-state index contributed by atoms with van der Waals surface area (Å²) in [6.07, 6.45) is 5.31. The maximum absolute atomic E-state index is 13.1. The predicted molar refractivity (Wildman–Crippen MR) is 146 cm³/mol. The van der Waals surface area contributed by atoms with Crippen molar-refractivity contribution in [3.8, 4) is 11.5 Å². The molecule has 4 heterocycles. The Morgan fingerprint density at radius 2 is 1.77 bits per heavy atom. The van der Waals surface area contributed by atoms with Gasteiger partial charge in [-0.3, -0.25) is 14.7 Å². The van der Waals surface area contributed by atoms with Gasteiger partial charge in [0.25, 0.3) is 5.91 Å². The summed E-state index contributed by atoms with van der Waals surface area (Å²) in [7, 11) is 1.59. The molecular formula is C28H32N6O5. The predicted octanol–water partition coefficient (Wildman–Crippen LogP) is 2.10. The zero-order chi connectivity index (χ0) is 26.9. The topological polar surface area (TPSA) is 124 Å². The number of methoxy groups -OCH3 is 1. The minimum atomic E-state index is -0.223. The molecule has 3 aliphatic heterocycles. The van der Waals surface area contributed by atoms with Crippen molar-refractivity contribution in [2.24, 2.45) is 4.99 Å². The average molecular weight is 533 g/mol. The highest BCUT2D eigenvalue weighted by Crippen LogP contribution is 2.35. The molecule has 0 saturated carbocycles. The van der Waals surface area contributed by atoms with Gasteiger partial charge in [-0.15, -0.1) is 0 Å². The Kier molecular flexibility index (Phi) is 7.03. The molecule has 0 radical (unpaired) electrons. The first-order valence-corrected chi connectivity index (χ1v) is 13.2. The van der Waals surface area contributed by atoms with Crippen LogP contribution in [0.5, 0.6) is 11.5 Å². The Bertz CT molecular complexity index is 1420. The molecule has 6 rings (SSSR count). The van der Waals surface area contributed by atoms with Gasteiger partial charge in [-0.2, -0.15) is 0 Å². The monoisotopic (exact) mass is 532 g/mol. The second-order valence-electron chi connectivity index (χ2n) is 10.0. The van der Waals surface area contributed by atoms with Crippen molar-refractivity contribution < 1.29 is 24.5 Å². The summed E-state index contributed by atoms with van der Waals surface area (Å²) in [5.41, 5.74) is 3.13. The zero-order valence-corrected chi connectivity index (χ0v) is 21.9. The third kappa shape index (κ3) is 4.77. The maximum atomic E-state index is 13.1. The van der Waals surface area contributed by atoms with Crippen LogP contribution in [0.2, 0.25) is 0 Å². The fraction of sp³-hybridized carbons (Fsp3) is 0.429. The molecule has 0 aliphatic carbocycles. The fourth-order valence-electron chi connectivity index (χ4n) is 5.60. The van der Waals surface area contributed by atoms with E-state index in [2.05, 4.69) is 24.8 Å². The number of hydrogen-bond acceptors (Lipinski definition) is 10. The summed E-state index contributed by atoms with van der Waals surface area (Å²) < 4.78 is 11.6. The molecule has 2 saturated heterocycles. The van der Waals surface area contributed by atoms with Crippen molar-refractivity contribution in [3.05, 3.63) is 47.3 Å². The van der Waals surface area contributed by atoms with Crippen LogP contribution in [0.4, 0.5) is 11.5 Å². The Labute approximate surface area is 226 Å². The molecule has 1 aromatic heterocycles. The minimum Gasteiger partial charge on any atom is -0.496 e. The van der Waals surface area contributed by atoms with Gasteiger partial charge in [0, 0.05) is 61.5 Å². The highest BCUT2D eigenvalue weighted by Gasteiger charge is 2.32. The minimum absolute atomic E-state index is 0.0352. The smallest absolute Gasteiger partial charge is 0.256 e. The fourth-order valence-corrected chi connectivity index (χ4v) is 5.60. The van der Waals surface area contributed by atoms with Gasteiger partial charge in [0.05, 0.1) is 43.1 Å². The van der Waals surface area contributed by atoms with Crippen LogP contribution in [0.15, 0.2) is 35.6 Å². The highest BCUT2D eigenvalue weighted by molar-refractivity contribution is 6.03. The molecule has 0 bridgehead atoms. The first-order chi connectivity index (χ1) is 19.1. The van der Waals surface area contributed by atoms with E-state index in [1.54, 1.807) is 25.6 Å². The molecule has 204 valence electrons. The van der Waals surface area contributed by atoms with Gasteiger partial charge >= 0.3 is 0 Å². The number of carbonyl (C=O) groups is 1. The Balaban J connectivity index is 1.14. The summed E-state index contributed by atoms with van der Waals surface area (Å²) >= 11 is 0. The lowest BCUT2D eigenvalue weighted by molar-refractivity contribution is 0.0774. The van der Waals surface area contributed by atoms with Crippen molar-refractivity contribution in [1.29, 1.82) is 0 Å². The Morgan fingerprint density at radius 1 is 0.974 bits per heavy atom. The Morgan fingerprint density at radius 3 is 2.54 bits per heavy atom. The van der Waals surface area contributed by atoms with Crippen LogP contribution in [0.1, 0.15) is 34.3 Å². The molecule has 0 unspecified atom stereocenters. The van der Waals surface area contributed by atoms with E-state index in [0.29, 0.717) is 40.6 Å². The number of nitrogens with zero attached hydrogens (tertiary/aromatic N) is 6. The van der Waals surface area contributed by atoms with Crippen LogP contribution in [0.3, 0.4) is 0 Å². The number of hydrogen-bond donors (Lipinski definition) is 2. The molecule has 1 atom stereocenters. The van der Waals surface area contributed by atoms with Gasteiger partial charge in [-0.25, -0.2) is 9.97 Å². The number of piperazine rings is 1. The van der Waals surface area contributed by atoms with Crippen molar-refractivity contribution in [2.75, 3.05) is 51.5 Å². The standard InChI is InChI=1S/C28H32N6O5/c1-38-25-11-21-23(10-19(25)15-36)30-16-31-27(21)33-7-5-32(6-8-33)17-39-26-12-24-22(9-18(26)14-35)28(37)34-4-2-3-20(34)13-29-24/h9-13,16,20,35-36H,2-8,14-15,17H2,1H3/t20-/m0/s1. The Hall–Kier alpha value is -3.80. The molecule has 11 heteroatoms. The number of carbonyl (C=O) groups excluding carboxylic acids is 1. The number of rotatable bonds is 7. The molecule has 2 aromatic carbocycles. The third-order valence-corrected chi connectivity index (χ3v) is 7.79. The van der Waals surface area contributed by atoms with Crippen molar-refractivity contribution in [3.63, 3.8) is 0 Å². The van der Waals surface area contributed by atoms with Crippen molar-refractivity contribution in [1.82, 2.24) is 19.8 Å². The lowest BCUT2D eigenvalue weighted by atomic mass is 10.1. The SMILES string of the molecule is COc1cc2c(N3CCN(COc4cc5c(cc4CO)C(=O)N4CCC[C@H]4C=N5)CC3)ncnc2cc1CO. The molecular weight excluding hydrogens is 500 g/mol. The van der Waals surface area contributed by atoms with Gasteiger partial charge in [0.2, 0.25) is 0 Å². The van der Waals surface area contributed by atoms with Crippen LogP contribution in [-0.4, -0.2) is 94.7 Å². The van der Waals surface area contributed by atoms with Crippen LogP contribution in [0, 0.1) is 0 Å². The van der Waals surface area contributed by atoms with Gasteiger partial charge in [0.15, 0.2) is 0 Å². The summed E-state index contributed by atoms with van der Waals surface area (Å²) in [5.74, 6) is 1.95. The number of aromatic nitrogens is 2. The molecule has 3 aliphatic rings. The summed E-state index contributed by atoms with van der Waals surface area (Å²) in [4.78, 5) is 32.9. The van der Waals surface area contributed by atoms with Crippen LogP contribution < -0.4 is 14.4 Å². The second kappa shape index (κ2) is 10.8. The number of ether oxygens (including phenoxy) is 2. The second-order valence-corrected chi connectivity index (χ2v) is 10.0. The van der Waals surface area contributed by atoms with E-state index in [9.17, 15) is 15.0 Å². The molecule has 2 N–H and O–H groups in total. The van der Waals surface area contributed by atoms with Crippen LogP contribution >= 0.6 is 0 Å². The summed E-state index contributed by atoms with van der Waals surface area (Å²) in [6.45, 7) is 3.73. The molecule has 2 fully saturated rings. The van der Waals surface area contributed by atoms with Crippen LogP contribution in [-0.2, 0) is 13.2 Å². The van der Waals surface area contributed by atoms with E-state index in [1.165, 1.54) is 0 Å².